The number of anilines is 2. The van der Waals surface area contributed by atoms with Gasteiger partial charge in [0.1, 0.15) is 0 Å². The van der Waals surface area contributed by atoms with Crippen molar-refractivity contribution < 1.29 is 0 Å². The third-order valence-corrected chi connectivity index (χ3v) is 1.42. The number of halogens is 3. The van der Waals surface area contributed by atoms with Gasteiger partial charge in [0, 0.05) is 0 Å². The molecule has 0 aromatic heterocycles. The number of nitrogens with two attached hydrogens (primary N) is 2. The van der Waals surface area contributed by atoms with Crippen molar-refractivity contribution in [3.63, 3.8) is 0 Å². The highest BCUT2D eigenvalue weighted by molar-refractivity contribution is 6.33. The van der Waals surface area contributed by atoms with E-state index < -0.39 is 0 Å². The SMILES string of the molecule is Cl.Cl.Nc1cccc(Cl)c1N. The number of hydrogen-bond donors (Lipinski definition) is 2. The van der Waals surface area contributed by atoms with E-state index in [-0.39, 0.29) is 24.8 Å². The molecule has 0 radical (unpaired) electrons. The van der Waals surface area contributed by atoms with E-state index in [0.29, 0.717) is 16.4 Å². The third kappa shape index (κ3) is 3.06. The number of benzene rings is 1. The summed E-state index contributed by atoms with van der Waals surface area (Å²) in [4.78, 5) is 0. The molecule has 0 unspecified atom stereocenters. The first-order chi connectivity index (χ1) is 4.22. The fourth-order valence-corrected chi connectivity index (χ4v) is 0.736. The van der Waals surface area contributed by atoms with Crippen LogP contribution in [0.5, 0.6) is 0 Å². The van der Waals surface area contributed by atoms with E-state index >= 15 is 0 Å². The Morgan fingerprint density at radius 3 is 2.00 bits per heavy atom. The van der Waals surface area contributed by atoms with Crippen LogP contribution >= 0.6 is 36.4 Å². The summed E-state index contributed by atoms with van der Waals surface area (Å²) >= 11 is 5.61. The maximum atomic E-state index is 5.61. The predicted octanol–water partition coefficient (Wildman–Crippen LogP) is 2.35. The molecule has 11 heavy (non-hydrogen) atoms. The van der Waals surface area contributed by atoms with Crippen LogP contribution in [0.3, 0.4) is 0 Å². The van der Waals surface area contributed by atoms with Gasteiger partial charge >= 0.3 is 0 Å². The van der Waals surface area contributed by atoms with Crippen molar-refractivity contribution in [2.45, 2.75) is 0 Å². The molecule has 0 saturated carbocycles. The topological polar surface area (TPSA) is 52.0 Å². The van der Waals surface area contributed by atoms with Crippen molar-refractivity contribution in [1.29, 1.82) is 0 Å². The molecule has 1 aromatic rings. The van der Waals surface area contributed by atoms with Crippen LogP contribution in [0.1, 0.15) is 0 Å². The van der Waals surface area contributed by atoms with Crippen molar-refractivity contribution in [3.8, 4) is 0 Å². The molecule has 1 rings (SSSR count). The summed E-state index contributed by atoms with van der Waals surface area (Å²) in [5, 5.41) is 0.509. The fourth-order valence-electron chi connectivity index (χ4n) is 0.554. The molecule has 64 valence electrons. The highest BCUT2D eigenvalue weighted by Gasteiger charge is 1.95. The largest absolute Gasteiger partial charge is 0.397 e. The molecule has 0 saturated heterocycles. The van der Waals surface area contributed by atoms with Crippen molar-refractivity contribution in [2.75, 3.05) is 11.5 Å². The summed E-state index contributed by atoms with van der Waals surface area (Å²) in [5.74, 6) is 0. The molecule has 0 bridgehead atoms. The van der Waals surface area contributed by atoms with Crippen LogP contribution in [0.15, 0.2) is 18.2 Å². The smallest absolute Gasteiger partial charge is 0.0737 e. The second-order valence-electron chi connectivity index (χ2n) is 1.74. The fraction of sp³-hybridized carbons (Fsp3) is 0. The highest BCUT2D eigenvalue weighted by Crippen LogP contribution is 2.23. The Balaban J connectivity index is 0. The van der Waals surface area contributed by atoms with Crippen LogP contribution in [-0.2, 0) is 0 Å². The lowest BCUT2D eigenvalue weighted by Gasteiger charge is -1.98. The molecule has 5 heteroatoms. The minimum absolute atomic E-state index is 0. The van der Waals surface area contributed by atoms with E-state index in [9.17, 15) is 0 Å². The van der Waals surface area contributed by atoms with E-state index in [1.165, 1.54) is 0 Å². The first kappa shape index (κ1) is 13.3. The van der Waals surface area contributed by atoms with E-state index in [2.05, 4.69) is 0 Å². The summed E-state index contributed by atoms with van der Waals surface area (Å²) in [5.41, 5.74) is 11.8. The maximum absolute atomic E-state index is 5.61. The molecule has 0 spiro atoms. The van der Waals surface area contributed by atoms with Gasteiger partial charge in [0.15, 0.2) is 0 Å². The minimum atomic E-state index is 0. The first-order valence-electron chi connectivity index (χ1n) is 2.51. The van der Waals surface area contributed by atoms with Crippen molar-refractivity contribution in [3.05, 3.63) is 23.2 Å². The lowest BCUT2D eigenvalue weighted by molar-refractivity contribution is 1.66. The molecule has 0 heterocycles. The highest BCUT2D eigenvalue weighted by atomic mass is 35.5. The van der Waals surface area contributed by atoms with Gasteiger partial charge in [-0.3, -0.25) is 0 Å². The Hall–Kier alpha value is -0.310. The van der Waals surface area contributed by atoms with Gasteiger partial charge in [-0.05, 0) is 12.1 Å². The number of hydrogen-bond acceptors (Lipinski definition) is 2. The Morgan fingerprint density at radius 2 is 1.64 bits per heavy atom. The van der Waals surface area contributed by atoms with Crippen LogP contribution in [0.2, 0.25) is 5.02 Å². The number of para-hydroxylation sites is 1. The summed E-state index contributed by atoms with van der Waals surface area (Å²) in [6, 6.07) is 5.17. The summed E-state index contributed by atoms with van der Waals surface area (Å²) < 4.78 is 0. The standard InChI is InChI=1S/C6H7ClN2.2ClH/c7-4-2-1-3-5(8)6(4)9;;/h1-3H,8-9H2;2*1H. The van der Waals surface area contributed by atoms with E-state index in [0.717, 1.165) is 0 Å². The minimum Gasteiger partial charge on any atom is -0.397 e. The van der Waals surface area contributed by atoms with Gasteiger partial charge in [0.2, 0.25) is 0 Å². The van der Waals surface area contributed by atoms with Gasteiger partial charge in [-0.25, -0.2) is 0 Å². The Morgan fingerprint density at radius 1 is 1.09 bits per heavy atom. The zero-order valence-electron chi connectivity index (χ0n) is 5.58. The Bertz CT molecular complexity index is 207. The molecular weight excluding hydrogens is 206 g/mol. The van der Waals surface area contributed by atoms with E-state index in [4.69, 9.17) is 23.1 Å². The van der Waals surface area contributed by atoms with Crippen molar-refractivity contribution in [2.24, 2.45) is 0 Å². The van der Waals surface area contributed by atoms with Gasteiger partial charge in [-0.15, -0.1) is 24.8 Å². The zero-order chi connectivity index (χ0) is 6.85. The summed E-state index contributed by atoms with van der Waals surface area (Å²) in [6.45, 7) is 0. The first-order valence-corrected chi connectivity index (χ1v) is 2.89. The average molecular weight is 216 g/mol. The van der Waals surface area contributed by atoms with Gasteiger partial charge in [-0.2, -0.15) is 0 Å². The van der Waals surface area contributed by atoms with Crippen LogP contribution in [0.25, 0.3) is 0 Å². The van der Waals surface area contributed by atoms with Crippen LogP contribution in [-0.4, -0.2) is 0 Å². The van der Waals surface area contributed by atoms with Gasteiger partial charge in [0.25, 0.3) is 0 Å². The van der Waals surface area contributed by atoms with Crippen molar-refractivity contribution >= 4 is 47.8 Å². The van der Waals surface area contributed by atoms with Gasteiger partial charge in [0.05, 0.1) is 16.4 Å². The normalized spacial score (nSPS) is 7.73. The average Bonchev–Trinajstić information content (AvgIpc) is 1.83. The van der Waals surface area contributed by atoms with E-state index in [1.807, 2.05) is 0 Å². The second kappa shape index (κ2) is 5.35. The zero-order valence-corrected chi connectivity index (χ0v) is 7.97. The molecule has 0 amide bonds. The maximum Gasteiger partial charge on any atom is 0.0737 e. The number of rotatable bonds is 0. The summed E-state index contributed by atoms with van der Waals surface area (Å²) in [7, 11) is 0. The third-order valence-electron chi connectivity index (χ3n) is 1.09. The quantitative estimate of drug-likeness (QED) is 0.653. The monoisotopic (exact) mass is 214 g/mol. The van der Waals surface area contributed by atoms with Crippen LogP contribution in [0.4, 0.5) is 11.4 Å². The molecule has 1 aromatic carbocycles. The van der Waals surface area contributed by atoms with Crippen LogP contribution in [0, 0.1) is 0 Å². The molecule has 4 N–H and O–H groups in total. The number of nitrogen functional groups attached to an aromatic ring is 2. The predicted molar refractivity (Wildman–Crippen MR) is 54.8 cm³/mol. The molecular formula is C6H9Cl3N2. The lowest BCUT2D eigenvalue weighted by Crippen LogP contribution is -1.93. The molecule has 0 aliphatic rings. The lowest BCUT2D eigenvalue weighted by atomic mass is 10.3. The molecule has 2 nitrogen and oxygen atoms in total. The van der Waals surface area contributed by atoms with Gasteiger partial charge in [-0.1, -0.05) is 17.7 Å². The molecule has 0 atom stereocenters. The molecule has 0 fully saturated rings. The van der Waals surface area contributed by atoms with E-state index in [1.54, 1.807) is 18.2 Å². The van der Waals surface area contributed by atoms with Crippen LogP contribution < -0.4 is 11.5 Å². The molecule has 0 aliphatic heterocycles. The second-order valence-corrected chi connectivity index (χ2v) is 2.15. The Kier molecular flexibility index (Phi) is 6.47. The van der Waals surface area contributed by atoms with Crippen molar-refractivity contribution in [1.82, 2.24) is 0 Å². The summed E-state index contributed by atoms with van der Waals surface area (Å²) in [6.07, 6.45) is 0. The Labute approximate surface area is 82.7 Å². The molecule has 0 aliphatic carbocycles. The van der Waals surface area contributed by atoms with Gasteiger partial charge < -0.3 is 11.5 Å².